The van der Waals surface area contributed by atoms with Crippen LogP contribution < -0.4 is 0 Å². The molecule has 0 aliphatic carbocycles. The van der Waals surface area contributed by atoms with Crippen LogP contribution >= 0.6 is 11.8 Å². The lowest BCUT2D eigenvalue weighted by molar-refractivity contribution is -0.384. The van der Waals surface area contributed by atoms with E-state index in [9.17, 15) is 14.9 Å². The zero-order chi connectivity index (χ0) is 19.8. The highest BCUT2D eigenvalue weighted by molar-refractivity contribution is 8.26. The number of non-ortho nitro benzene ring substituents is 1. The van der Waals surface area contributed by atoms with E-state index >= 15 is 0 Å². The van der Waals surface area contributed by atoms with Crippen LogP contribution in [0, 0.1) is 15.5 Å². The number of nitro groups is 1. The third-order valence-electron chi connectivity index (χ3n) is 4.05. The minimum absolute atomic E-state index is 0.0453. The SMILES string of the molecule is CCC1=NN2C(=N)C(=Cc3ccc(-c4cccc([N+](=O)[O-])c4)o3)C(=O)N=C2S1. The molecule has 4 rings (SSSR count). The summed E-state index contributed by atoms with van der Waals surface area (Å²) in [6.45, 7) is 1.94. The van der Waals surface area contributed by atoms with Crippen LogP contribution in [0.15, 0.2) is 56.5 Å². The summed E-state index contributed by atoms with van der Waals surface area (Å²) in [6, 6.07) is 9.33. The summed E-state index contributed by atoms with van der Waals surface area (Å²) in [6.07, 6.45) is 2.11. The second-order valence-corrected chi connectivity index (χ2v) is 6.92. The average Bonchev–Trinajstić information content (AvgIpc) is 3.32. The van der Waals surface area contributed by atoms with E-state index in [4.69, 9.17) is 9.83 Å². The first kappa shape index (κ1) is 17.9. The third kappa shape index (κ3) is 3.14. The van der Waals surface area contributed by atoms with Gasteiger partial charge in [0.05, 0.1) is 10.5 Å². The van der Waals surface area contributed by atoms with Crippen LogP contribution in [-0.2, 0) is 4.79 Å². The lowest BCUT2D eigenvalue weighted by Gasteiger charge is -2.19. The van der Waals surface area contributed by atoms with Crippen molar-refractivity contribution in [3.05, 3.63) is 57.8 Å². The van der Waals surface area contributed by atoms with Crippen LogP contribution in [-0.4, -0.2) is 31.9 Å². The number of hydrogen-bond acceptors (Lipinski definition) is 7. The Labute approximate surface area is 163 Å². The number of nitro benzene ring substituents is 1. The number of fused-ring (bicyclic) bond motifs is 1. The van der Waals surface area contributed by atoms with E-state index in [0.717, 1.165) is 5.04 Å². The van der Waals surface area contributed by atoms with E-state index in [-0.39, 0.29) is 17.1 Å². The summed E-state index contributed by atoms with van der Waals surface area (Å²) in [5, 5.41) is 26.0. The van der Waals surface area contributed by atoms with Crippen molar-refractivity contribution in [1.29, 1.82) is 5.41 Å². The number of nitrogens with one attached hydrogen (secondary N) is 1. The summed E-state index contributed by atoms with van der Waals surface area (Å²) in [4.78, 5) is 26.8. The Hall–Kier alpha value is -3.53. The number of benzene rings is 1. The molecule has 1 aromatic heterocycles. The number of nitrogens with zero attached hydrogens (tertiary/aromatic N) is 4. The number of amides is 1. The maximum absolute atomic E-state index is 12.3. The molecule has 1 aromatic carbocycles. The molecule has 2 aliphatic rings. The second-order valence-electron chi connectivity index (χ2n) is 5.88. The first-order chi connectivity index (χ1) is 13.5. The first-order valence-corrected chi connectivity index (χ1v) is 9.11. The molecule has 0 radical (unpaired) electrons. The molecule has 0 saturated carbocycles. The zero-order valence-electron chi connectivity index (χ0n) is 14.6. The van der Waals surface area contributed by atoms with Gasteiger partial charge in [-0.15, -0.1) is 0 Å². The highest BCUT2D eigenvalue weighted by Gasteiger charge is 2.35. The maximum atomic E-state index is 12.3. The lowest BCUT2D eigenvalue weighted by Crippen LogP contribution is -2.35. The number of furan rings is 1. The van der Waals surface area contributed by atoms with Gasteiger partial charge in [0.2, 0.25) is 5.17 Å². The van der Waals surface area contributed by atoms with Gasteiger partial charge in [-0.1, -0.05) is 19.1 Å². The van der Waals surface area contributed by atoms with E-state index in [0.29, 0.717) is 28.7 Å². The number of thioether (sulfide) groups is 1. The molecule has 2 aliphatic heterocycles. The average molecular weight is 395 g/mol. The molecule has 0 saturated heterocycles. The third-order valence-corrected chi connectivity index (χ3v) is 5.11. The Morgan fingerprint density at radius 1 is 1.36 bits per heavy atom. The van der Waals surface area contributed by atoms with Gasteiger partial charge >= 0.3 is 0 Å². The van der Waals surface area contributed by atoms with E-state index in [1.807, 2.05) is 6.92 Å². The van der Waals surface area contributed by atoms with Crippen molar-refractivity contribution in [2.45, 2.75) is 13.3 Å². The standard InChI is InChI=1S/C18H13N5O4S/c1-2-15-21-22-16(19)13(17(24)20-18(22)28-15)9-12-6-7-14(27-12)10-4-3-5-11(8-10)23(25)26/h3-9,19H,2H2,1H3. The quantitative estimate of drug-likeness (QED) is 0.476. The Balaban J connectivity index is 1.65. The molecule has 0 spiro atoms. The Bertz CT molecular complexity index is 1110. The smallest absolute Gasteiger partial charge is 0.283 e. The van der Waals surface area contributed by atoms with Crippen molar-refractivity contribution < 1.29 is 14.1 Å². The van der Waals surface area contributed by atoms with Crippen LogP contribution in [0.5, 0.6) is 0 Å². The minimum Gasteiger partial charge on any atom is -0.457 e. The maximum Gasteiger partial charge on any atom is 0.283 e. The molecule has 0 unspecified atom stereocenters. The highest BCUT2D eigenvalue weighted by atomic mass is 32.2. The largest absolute Gasteiger partial charge is 0.457 e. The molecule has 0 bridgehead atoms. The van der Waals surface area contributed by atoms with Gasteiger partial charge in [-0.3, -0.25) is 20.3 Å². The van der Waals surface area contributed by atoms with Crippen LogP contribution in [0.1, 0.15) is 19.1 Å². The number of aliphatic imine (C=N–C) groups is 1. The molecule has 9 nitrogen and oxygen atoms in total. The summed E-state index contributed by atoms with van der Waals surface area (Å²) in [5.41, 5.74) is 0.554. The Kier molecular flexibility index (Phi) is 4.40. The lowest BCUT2D eigenvalue weighted by atomic mass is 10.1. The van der Waals surface area contributed by atoms with Gasteiger partial charge in [0.1, 0.15) is 16.6 Å². The zero-order valence-corrected chi connectivity index (χ0v) is 15.4. The molecule has 3 heterocycles. The topological polar surface area (TPSA) is 125 Å². The van der Waals surface area contributed by atoms with Crippen molar-refractivity contribution in [3.63, 3.8) is 0 Å². The van der Waals surface area contributed by atoms with Crippen molar-refractivity contribution in [1.82, 2.24) is 5.01 Å². The molecule has 2 aromatic rings. The summed E-state index contributed by atoms with van der Waals surface area (Å²) < 4.78 is 5.70. The summed E-state index contributed by atoms with van der Waals surface area (Å²) >= 11 is 1.27. The Morgan fingerprint density at radius 2 is 2.18 bits per heavy atom. The van der Waals surface area contributed by atoms with Gasteiger partial charge in [-0.25, -0.2) is 0 Å². The molecule has 28 heavy (non-hydrogen) atoms. The first-order valence-electron chi connectivity index (χ1n) is 8.30. The summed E-state index contributed by atoms with van der Waals surface area (Å²) in [5.74, 6) is 0.140. The van der Waals surface area contributed by atoms with Crippen LogP contribution in [0.3, 0.4) is 0 Å². The molecule has 10 heteroatoms. The Morgan fingerprint density at radius 3 is 2.93 bits per heavy atom. The minimum atomic E-state index is -0.537. The van der Waals surface area contributed by atoms with E-state index in [2.05, 4.69) is 10.1 Å². The predicted octanol–water partition coefficient (Wildman–Crippen LogP) is 3.88. The van der Waals surface area contributed by atoms with Crippen LogP contribution in [0.2, 0.25) is 0 Å². The molecular weight excluding hydrogens is 382 g/mol. The summed E-state index contributed by atoms with van der Waals surface area (Å²) in [7, 11) is 0. The van der Waals surface area contributed by atoms with E-state index in [1.54, 1.807) is 24.3 Å². The van der Waals surface area contributed by atoms with Crippen molar-refractivity contribution in [2.75, 3.05) is 0 Å². The van der Waals surface area contributed by atoms with Gasteiger partial charge in [-0.2, -0.15) is 15.1 Å². The number of hydrazone groups is 1. The van der Waals surface area contributed by atoms with Gasteiger partial charge in [0.25, 0.3) is 11.6 Å². The second kappa shape index (κ2) is 6.89. The van der Waals surface area contributed by atoms with Gasteiger partial charge in [-0.05, 0) is 36.4 Å². The monoisotopic (exact) mass is 395 g/mol. The molecule has 0 fully saturated rings. The number of amidine groups is 2. The number of hydrogen-bond donors (Lipinski definition) is 1. The fraction of sp³-hybridized carbons (Fsp3) is 0.111. The number of rotatable bonds is 4. The molecule has 0 atom stereocenters. The normalized spacial score (nSPS) is 17.6. The number of carbonyl (C=O) groups is 1. The predicted molar refractivity (Wildman–Crippen MR) is 106 cm³/mol. The van der Waals surface area contributed by atoms with Crippen molar-refractivity contribution in [3.8, 4) is 11.3 Å². The van der Waals surface area contributed by atoms with E-state index < -0.39 is 10.8 Å². The molecule has 1 amide bonds. The van der Waals surface area contributed by atoms with E-state index in [1.165, 1.54) is 35.0 Å². The molecular formula is C18H13N5O4S. The fourth-order valence-corrected chi connectivity index (χ4v) is 3.50. The van der Waals surface area contributed by atoms with Gasteiger partial charge in [0, 0.05) is 17.7 Å². The van der Waals surface area contributed by atoms with Crippen molar-refractivity contribution in [2.24, 2.45) is 10.1 Å². The van der Waals surface area contributed by atoms with Gasteiger partial charge in [0.15, 0.2) is 5.84 Å². The van der Waals surface area contributed by atoms with Crippen LogP contribution in [0.4, 0.5) is 5.69 Å². The van der Waals surface area contributed by atoms with Crippen LogP contribution in [0.25, 0.3) is 17.4 Å². The van der Waals surface area contributed by atoms with Crippen molar-refractivity contribution >= 4 is 45.5 Å². The fourth-order valence-electron chi connectivity index (χ4n) is 2.68. The molecule has 1 N–H and O–H groups in total. The number of carbonyl (C=O) groups excluding carboxylic acids is 1. The highest BCUT2D eigenvalue weighted by Crippen LogP contribution is 2.30. The molecule has 140 valence electrons. The van der Waals surface area contributed by atoms with Gasteiger partial charge < -0.3 is 4.42 Å².